The third kappa shape index (κ3) is 3.01. The summed E-state index contributed by atoms with van der Waals surface area (Å²) < 4.78 is 40.1. The minimum absolute atomic E-state index is 0.0552. The van der Waals surface area contributed by atoms with Crippen LogP contribution in [0.15, 0.2) is 30.3 Å². The van der Waals surface area contributed by atoms with Crippen LogP contribution < -0.4 is 10.6 Å². The molecule has 0 radical (unpaired) electrons. The van der Waals surface area contributed by atoms with Gasteiger partial charge in [-0.2, -0.15) is 0 Å². The van der Waals surface area contributed by atoms with Crippen LogP contribution in [0.25, 0.3) is 0 Å². The predicted molar refractivity (Wildman–Crippen MR) is 72.1 cm³/mol. The first-order chi connectivity index (χ1) is 9.51. The minimum Gasteiger partial charge on any atom is -0.371 e. The lowest BCUT2D eigenvalue weighted by Crippen LogP contribution is -2.11. The number of benzene rings is 1. The van der Waals surface area contributed by atoms with Crippen molar-refractivity contribution in [1.82, 2.24) is 4.98 Å². The lowest BCUT2D eigenvalue weighted by Gasteiger charge is -2.16. The third-order valence-electron chi connectivity index (χ3n) is 2.87. The van der Waals surface area contributed by atoms with Crippen LogP contribution in [0.4, 0.5) is 24.8 Å². The van der Waals surface area contributed by atoms with Crippen LogP contribution in [0.2, 0.25) is 0 Å². The zero-order valence-corrected chi connectivity index (χ0v) is 11.0. The molecule has 0 bridgehead atoms. The van der Waals surface area contributed by atoms with E-state index in [9.17, 15) is 13.2 Å². The molecule has 0 aliphatic carbocycles. The van der Waals surface area contributed by atoms with Crippen molar-refractivity contribution in [3.05, 3.63) is 53.3 Å². The number of nitrogens with zero attached hydrogens (tertiary/aromatic N) is 1. The molecule has 1 heterocycles. The molecule has 0 amide bonds. The summed E-state index contributed by atoms with van der Waals surface area (Å²) in [5, 5.41) is 5.33. The van der Waals surface area contributed by atoms with Gasteiger partial charge in [-0.3, -0.25) is 0 Å². The molecule has 0 aliphatic heterocycles. The van der Waals surface area contributed by atoms with Gasteiger partial charge in [-0.15, -0.1) is 0 Å². The molecule has 1 unspecified atom stereocenters. The Morgan fingerprint density at radius 2 is 1.75 bits per heavy atom. The van der Waals surface area contributed by atoms with Gasteiger partial charge in [-0.25, -0.2) is 18.2 Å². The molecular weight excluding hydrogens is 267 g/mol. The average Bonchev–Trinajstić information content (AvgIpc) is 2.41. The monoisotopic (exact) mass is 281 g/mol. The lowest BCUT2D eigenvalue weighted by atomic mass is 10.1. The molecule has 0 fully saturated rings. The highest BCUT2D eigenvalue weighted by atomic mass is 19.1. The number of hydrogen-bond acceptors (Lipinski definition) is 3. The summed E-state index contributed by atoms with van der Waals surface area (Å²) in [6, 6.07) is 6.32. The standard InChI is InChI=1S/C14H14F3N3/c1-8(9-4-3-5-10(15)6-9)19-14-12(17)7-11(16)13(18-2)20-14/h3-8H,1-2H3,(H2,18,19,20). The molecule has 1 atom stereocenters. The molecule has 0 saturated carbocycles. The SMILES string of the molecule is CNc1nc(NC(C)c2cccc(F)c2)c(F)cc1F. The molecule has 2 rings (SSSR count). The maximum atomic E-state index is 13.7. The summed E-state index contributed by atoms with van der Waals surface area (Å²) in [4.78, 5) is 3.81. The van der Waals surface area contributed by atoms with Gasteiger partial charge in [-0.05, 0) is 24.6 Å². The Morgan fingerprint density at radius 1 is 1.05 bits per heavy atom. The molecular formula is C14H14F3N3. The zero-order chi connectivity index (χ0) is 14.7. The number of nitrogens with one attached hydrogen (secondary N) is 2. The van der Waals surface area contributed by atoms with E-state index in [0.29, 0.717) is 5.56 Å². The van der Waals surface area contributed by atoms with Gasteiger partial charge in [0.1, 0.15) is 5.82 Å². The average molecular weight is 281 g/mol. The molecule has 0 aliphatic rings. The molecule has 0 saturated heterocycles. The van der Waals surface area contributed by atoms with E-state index in [2.05, 4.69) is 15.6 Å². The van der Waals surface area contributed by atoms with Crippen molar-refractivity contribution >= 4 is 11.6 Å². The summed E-state index contributed by atoms with van der Waals surface area (Å²) in [5.41, 5.74) is 0.640. The summed E-state index contributed by atoms with van der Waals surface area (Å²) in [6.45, 7) is 1.73. The van der Waals surface area contributed by atoms with Crippen molar-refractivity contribution in [2.45, 2.75) is 13.0 Å². The second-order valence-corrected chi connectivity index (χ2v) is 4.32. The highest BCUT2D eigenvalue weighted by molar-refractivity contribution is 5.48. The van der Waals surface area contributed by atoms with E-state index < -0.39 is 11.6 Å². The summed E-state index contributed by atoms with van der Waals surface area (Å²) >= 11 is 0. The first-order valence-corrected chi connectivity index (χ1v) is 6.07. The molecule has 2 aromatic rings. The first kappa shape index (κ1) is 14.2. The number of rotatable bonds is 4. The van der Waals surface area contributed by atoms with Crippen LogP contribution in [0, 0.1) is 17.5 Å². The largest absolute Gasteiger partial charge is 0.371 e. The smallest absolute Gasteiger partial charge is 0.168 e. The Labute approximate surface area is 114 Å². The first-order valence-electron chi connectivity index (χ1n) is 6.07. The van der Waals surface area contributed by atoms with Gasteiger partial charge in [-0.1, -0.05) is 12.1 Å². The van der Waals surface area contributed by atoms with Gasteiger partial charge < -0.3 is 10.6 Å². The Balaban J connectivity index is 2.25. The van der Waals surface area contributed by atoms with Crippen LogP contribution in [0.3, 0.4) is 0 Å². The Kier molecular flexibility index (Phi) is 4.12. The topological polar surface area (TPSA) is 37.0 Å². The second-order valence-electron chi connectivity index (χ2n) is 4.32. The fraction of sp³-hybridized carbons (Fsp3) is 0.214. The van der Waals surface area contributed by atoms with Gasteiger partial charge in [0.05, 0.1) is 6.04 Å². The van der Waals surface area contributed by atoms with Gasteiger partial charge in [0.15, 0.2) is 23.3 Å². The van der Waals surface area contributed by atoms with E-state index in [1.165, 1.54) is 19.2 Å². The van der Waals surface area contributed by atoms with Crippen molar-refractivity contribution in [2.75, 3.05) is 17.7 Å². The van der Waals surface area contributed by atoms with E-state index >= 15 is 0 Å². The van der Waals surface area contributed by atoms with Gasteiger partial charge in [0.25, 0.3) is 0 Å². The number of anilines is 2. The van der Waals surface area contributed by atoms with E-state index in [-0.39, 0.29) is 23.5 Å². The molecule has 1 aromatic carbocycles. The molecule has 3 nitrogen and oxygen atoms in total. The fourth-order valence-electron chi connectivity index (χ4n) is 1.81. The zero-order valence-electron chi connectivity index (χ0n) is 11.0. The normalized spacial score (nSPS) is 12.1. The van der Waals surface area contributed by atoms with E-state index in [1.807, 2.05) is 0 Å². The van der Waals surface area contributed by atoms with Crippen LogP contribution in [-0.4, -0.2) is 12.0 Å². The van der Waals surface area contributed by atoms with E-state index in [0.717, 1.165) is 6.07 Å². The van der Waals surface area contributed by atoms with Crippen molar-refractivity contribution in [3.8, 4) is 0 Å². The molecule has 0 spiro atoms. The number of aromatic nitrogens is 1. The third-order valence-corrected chi connectivity index (χ3v) is 2.87. The van der Waals surface area contributed by atoms with Gasteiger partial charge in [0.2, 0.25) is 0 Å². The molecule has 6 heteroatoms. The Bertz CT molecular complexity index is 617. The summed E-state index contributed by atoms with van der Waals surface area (Å²) in [5.74, 6) is -2.09. The predicted octanol–water partition coefficient (Wildman–Crippen LogP) is 3.71. The van der Waals surface area contributed by atoms with Gasteiger partial charge in [0, 0.05) is 13.1 Å². The quantitative estimate of drug-likeness (QED) is 0.897. The molecule has 1 aromatic heterocycles. The van der Waals surface area contributed by atoms with Crippen LogP contribution in [-0.2, 0) is 0 Å². The van der Waals surface area contributed by atoms with Gasteiger partial charge >= 0.3 is 0 Å². The number of halogens is 3. The highest BCUT2D eigenvalue weighted by Gasteiger charge is 2.14. The maximum Gasteiger partial charge on any atom is 0.168 e. The second kappa shape index (κ2) is 5.81. The van der Waals surface area contributed by atoms with E-state index in [4.69, 9.17) is 0 Å². The fourth-order valence-corrected chi connectivity index (χ4v) is 1.81. The van der Waals surface area contributed by atoms with Crippen LogP contribution >= 0.6 is 0 Å². The maximum absolute atomic E-state index is 13.7. The van der Waals surface area contributed by atoms with E-state index in [1.54, 1.807) is 19.1 Å². The number of pyridine rings is 1. The molecule has 106 valence electrons. The minimum atomic E-state index is -0.801. The van der Waals surface area contributed by atoms with Crippen molar-refractivity contribution in [2.24, 2.45) is 0 Å². The Hall–Kier alpha value is -2.24. The van der Waals surface area contributed by atoms with Crippen LogP contribution in [0.1, 0.15) is 18.5 Å². The molecule has 20 heavy (non-hydrogen) atoms. The summed E-state index contributed by atoms with van der Waals surface area (Å²) in [6.07, 6.45) is 0. The summed E-state index contributed by atoms with van der Waals surface area (Å²) in [7, 11) is 1.49. The molecule has 2 N–H and O–H groups in total. The van der Waals surface area contributed by atoms with Crippen molar-refractivity contribution in [1.29, 1.82) is 0 Å². The number of hydrogen-bond donors (Lipinski definition) is 2. The Morgan fingerprint density at radius 3 is 2.40 bits per heavy atom. The van der Waals surface area contributed by atoms with Crippen molar-refractivity contribution < 1.29 is 13.2 Å². The van der Waals surface area contributed by atoms with Crippen LogP contribution in [0.5, 0.6) is 0 Å². The highest BCUT2D eigenvalue weighted by Crippen LogP contribution is 2.23. The van der Waals surface area contributed by atoms with Crippen molar-refractivity contribution in [3.63, 3.8) is 0 Å². The lowest BCUT2D eigenvalue weighted by molar-refractivity contribution is 0.577.